The number of rotatable bonds is 2. The molecule has 1 N–H and O–H groups in total. The zero-order chi connectivity index (χ0) is 13.1. The van der Waals surface area contributed by atoms with Crippen molar-refractivity contribution in [3.8, 4) is 0 Å². The third kappa shape index (κ3) is 2.86. The summed E-state index contributed by atoms with van der Waals surface area (Å²) in [6.45, 7) is 4.45. The molecule has 3 nitrogen and oxygen atoms in total. The molecule has 0 aliphatic heterocycles. The van der Waals surface area contributed by atoms with E-state index < -0.39 is 5.82 Å². The number of carbonyl (C=O) groups is 1. The molecule has 1 saturated carbocycles. The topological polar surface area (TPSA) is 42.0 Å². The van der Waals surface area contributed by atoms with Gasteiger partial charge in [0.05, 0.1) is 11.8 Å². The molecule has 3 unspecified atom stereocenters. The van der Waals surface area contributed by atoms with Crippen molar-refractivity contribution in [2.75, 3.05) is 0 Å². The smallest absolute Gasteiger partial charge is 0.254 e. The van der Waals surface area contributed by atoms with Crippen molar-refractivity contribution >= 4 is 5.91 Å². The van der Waals surface area contributed by atoms with Crippen LogP contribution in [0.1, 0.15) is 43.5 Å². The number of halogens is 1. The fourth-order valence-corrected chi connectivity index (χ4v) is 2.50. The Morgan fingerprint density at radius 3 is 2.83 bits per heavy atom. The van der Waals surface area contributed by atoms with Gasteiger partial charge in [-0.05, 0) is 37.2 Å². The molecule has 1 aliphatic carbocycles. The van der Waals surface area contributed by atoms with E-state index in [4.69, 9.17) is 0 Å². The van der Waals surface area contributed by atoms with Crippen LogP contribution in [0, 0.1) is 17.7 Å². The highest BCUT2D eigenvalue weighted by atomic mass is 19.1. The lowest BCUT2D eigenvalue weighted by molar-refractivity contribution is 0.0906. The molecule has 0 radical (unpaired) electrons. The molecule has 0 aromatic carbocycles. The second-order valence-electron chi connectivity index (χ2n) is 5.29. The van der Waals surface area contributed by atoms with E-state index >= 15 is 0 Å². The van der Waals surface area contributed by atoms with Crippen molar-refractivity contribution in [3.63, 3.8) is 0 Å². The lowest BCUT2D eigenvalue weighted by Crippen LogP contribution is -2.40. The number of amides is 1. The average Bonchev–Trinajstić information content (AvgIpc) is 2.34. The molecule has 1 heterocycles. The Kier molecular flexibility index (Phi) is 3.94. The van der Waals surface area contributed by atoms with E-state index in [9.17, 15) is 9.18 Å². The second-order valence-corrected chi connectivity index (χ2v) is 5.29. The summed E-state index contributed by atoms with van der Waals surface area (Å²) in [5, 5.41) is 2.92. The molecule has 18 heavy (non-hydrogen) atoms. The Labute approximate surface area is 107 Å². The average molecular weight is 250 g/mol. The number of hydrogen-bond donors (Lipinski definition) is 1. The van der Waals surface area contributed by atoms with Crippen molar-refractivity contribution in [2.24, 2.45) is 11.8 Å². The summed E-state index contributed by atoms with van der Waals surface area (Å²) in [5.74, 6) is 0.413. The van der Waals surface area contributed by atoms with Gasteiger partial charge >= 0.3 is 0 Å². The summed E-state index contributed by atoms with van der Waals surface area (Å²) < 4.78 is 13.4. The summed E-state index contributed by atoms with van der Waals surface area (Å²) in [6.07, 6.45) is 5.57. The minimum atomic E-state index is -0.563. The summed E-state index contributed by atoms with van der Waals surface area (Å²) >= 11 is 0. The lowest BCUT2D eigenvalue weighted by Gasteiger charge is -2.32. The molecule has 3 atom stereocenters. The maximum absolute atomic E-state index is 13.4. The highest BCUT2D eigenvalue weighted by molar-refractivity contribution is 5.94. The van der Waals surface area contributed by atoms with E-state index in [2.05, 4.69) is 24.1 Å². The highest BCUT2D eigenvalue weighted by Gasteiger charge is 2.26. The van der Waals surface area contributed by atoms with Crippen LogP contribution in [0.4, 0.5) is 4.39 Å². The van der Waals surface area contributed by atoms with Gasteiger partial charge in [0.1, 0.15) is 0 Å². The Morgan fingerprint density at radius 1 is 1.39 bits per heavy atom. The second kappa shape index (κ2) is 5.46. The van der Waals surface area contributed by atoms with Crippen LogP contribution in [0.3, 0.4) is 0 Å². The lowest BCUT2D eigenvalue weighted by atomic mass is 9.79. The number of nitrogens with one attached hydrogen (secondary N) is 1. The molecule has 1 fully saturated rings. The third-order valence-electron chi connectivity index (χ3n) is 3.95. The SMILES string of the molecule is CC1CCC(NC(=O)c2ccncc2F)CC1C. The van der Waals surface area contributed by atoms with Crippen LogP contribution in [-0.4, -0.2) is 16.9 Å². The summed E-state index contributed by atoms with van der Waals surface area (Å²) in [6, 6.07) is 1.58. The van der Waals surface area contributed by atoms with Gasteiger partial charge in [-0.3, -0.25) is 9.78 Å². The fourth-order valence-electron chi connectivity index (χ4n) is 2.50. The highest BCUT2D eigenvalue weighted by Crippen LogP contribution is 2.29. The van der Waals surface area contributed by atoms with Crippen LogP contribution in [0.2, 0.25) is 0 Å². The molecule has 1 amide bonds. The van der Waals surface area contributed by atoms with E-state index in [0.29, 0.717) is 11.8 Å². The quantitative estimate of drug-likeness (QED) is 0.877. The number of hydrogen-bond acceptors (Lipinski definition) is 2. The molecular formula is C14H19FN2O. The Bertz CT molecular complexity index is 436. The van der Waals surface area contributed by atoms with Gasteiger partial charge in [-0.1, -0.05) is 13.8 Å². The third-order valence-corrected chi connectivity index (χ3v) is 3.95. The molecule has 1 aliphatic rings. The number of aromatic nitrogens is 1. The molecule has 0 spiro atoms. The molecule has 0 saturated heterocycles. The van der Waals surface area contributed by atoms with Gasteiger partial charge in [0, 0.05) is 12.2 Å². The minimum absolute atomic E-state index is 0.0799. The van der Waals surface area contributed by atoms with Gasteiger partial charge in [-0.2, -0.15) is 0 Å². The molecule has 0 bridgehead atoms. The van der Waals surface area contributed by atoms with Crippen LogP contribution in [0.15, 0.2) is 18.5 Å². The maximum Gasteiger partial charge on any atom is 0.254 e. The van der Waals surface area contributed by atoms with E-state index in [0.717, 1.165) is 25.5 Å². The van der Waals surface area contributed by atoms with Crippen molar-refractivity contribution < 1.29 is 9.18 Å². The monoisotopic (exact) mass is 250 g/mol. The molecular weight excluding hydrogens is 231 g/mol. The van der Waals surface area contributed by atoms with Crippen LogP contribution >= 0.6 is 0 Å². The normalized spacial score (nSPS) is 27.8. The summed E-state index contributed by atoms with van der Waals surface area (Å²) in [4.78, 5) is 15.6. The Hall–Kier alpha value is -1.45. The molecule has 98 valence electrons. The first-order valence-corrected chi connectivity index (χ1v) is 6.48. The van der Waals surface area contributed by atoms with Crippen molar-refractivity contribution in [1.29, 1.82) is 0 Å². The number of carbonyl (C=O) groups excluding carboxylic acids is 1. The van der Waals surface area contributed by atoms with Crippen molar-refractivity contribution in [3.05, 3.63) is 29.8 Å². The van der Waals surface area contributed by atoms with E-state index in [1.165, 1.54) is 12.3 Å². The number of pyridine rings is 1. The minimum Gasteiger partial charge on any atom is -0.349 e. The zero-order valence-corrected chi connectivity index (χ0v) is 10.8. The zero-order valence-electron chi connectivity index (χ0n) is 10.8. The number of nitrogens with zero attached hydrogens (tertiary/aromatic N) is 1. The molecule has 1 aromatic rings. The van der Waals surface area contributed by atoms with Gasteiger partial charge in [-0.15, -0.1) is 0 Å². The molecule has 4 heteroatoms. The summed E-state index contributed by atoms with van der Waals surface area (Å²) in [5.41, 5.74) is 0.0799. The summed E-state index contributed by atoms with van der Waals surface area (Å²) in [7, 11) is 0. The van der Waals surface area contributed by atoms with Crippen LogP contribution in [-0.2, 0) is 0 Å². The standard InChI is InChI=1S/C14H19FN2O/c1-9-3-4-11(7-10(9)2)17-14(18)12-5-6-16-8-13(12)15/h5-6,8-11H,3-4,7H2,1-2H3,(H,17,18). The predicted molar refractivity (Wildman–Crippen MR) is 67.6 cm³/mol. The maximum atomic E-state index is 13.4. The predicted octanol–water partition coefficient (Wildman–Crippen LogP) is 2.78. The fraction of sp³-hybridized carbons (Fsp3) is 0.571. The first-order chi connectivity index (χ1) is 8.58. The van der Waals surface area contributed by atoms with Crippen molar-refractivity contribution in [1.82, 2.24) is 10.3 Å². The Balaban J connectivity index is 1.98. The first-order valence-electron chi connectivity index (χ1n) is 6.48. The van der Waals surface area contributed by atoms with Crippen LogP contribution in [0.5, 0.6) is 0 Å². The van der Waals surface area contributed by atoms with Crippen LogP contribution < -0.4 is 5.32 Å². The van der Waals surface area contributed by atoms with Gasteiger partial charge in [0.2, 0.25) is 0 Å². The first kappa shape index (κ1) is 13.0. The van der Waals surface area contributed by atoms with Gasteiger partial charge in [0.15, 0.2) is 5.82 Å². The van der Waals surface area contributed by atoms with Gasteiger partial charge in [0.25, 0.3) is 5.91 Å². The molecule has 1 aromatic heterocycles. The van der Waals surface area contributed by atoms with Crippen LogP contribution in [0.25, 0.3) is 0 Å². The largest absolute Gasteiger partial charge is 0.349 e. The van der Waals surface area contributed by atoms with Gasteiger partial charge in [-0.25, -0.2) is 4.39 Å². The molecule has 2 rings (SSSR count). The van der Waals surface area contributed by atoms with E-state index in [1.54, 1.807) is 0 Å². The Morgan fingerprint density at radius 2 is 2.17 bits per heavy atom. The van der Waals surface area contributed by atoms with Crippen molar-refractivity contribution in [2.45, 2.75) is 39.2 Å². The van der Waals surface area contributed by atoms with E-state index in [-0.39, 0.29) is 17.5 Å². The van der Waals surface area contributed by atoms with E-state index in [1.807, 2.05) is 0 Å². The van der Waals surface area contributed by atoms with Gasteiger partial charge < -0.3 is 5.32 Å².